The minimum Gasteiger partial charge on any atom is -0.497 e. The van der Waals surface area contributed by atoms with E-state index in [0.717, 1.165) is 23.9 Å². The van der Waals surface area contributed by atoms with Gasteiger partial charge in [-0.15, -0.1) is 0 Å². The van der Waals surface area contributed by atoms with Gasteiger partial charge < -0.3 is 14.8 Å². The fourth-order valence-electron chi connectivity index (χ4n) is 1.90. The summed E-state index contributed by atoms with van der Waals surface area (Å²) in [7, 11) is 1.58. The Morgan fingerprint density at radius 2 is 1.78 bits per heavy atom. The Morgan fingerprint density at radius 3 is 2.48 bits per heavy atom. The second-order valence-corrected chi connectivity index (χ2v) is 4.80. The number of hydrogen-bond donors (Lipinski definition) is 1. The first-order valence-corrected chi connectivity index (χ1v) is 7.10. The molecule has 4 nitrogen and oxygen atoms in total. The van der Waals surface area contributed by atoms with Crippen LogP contribution in [-0.4, -0.2) is 19.6 Å². The Labute approximate surface area is 133 Å². The van der Waals surface area contributed by atoms with Gasteiger partial charge in [0.2, 0.25) is 5.91 Å². The lowest BCUT2D eigenvalue weighted by Crippen LogP contribution is -2.14. The molecule has 2 aromatic rings. The molecular weight excluding hydrogens is 304 g/mol. The lowest BCUT2D eigenvalue weighted by atomic mass is 10.2. The Balaban J connectivity index is 1.73. The van der Waals surface area contributed by atoms with Crippen LogP contribution in [0.15, 0.2) is 42.5 Å². The van der Waals surface area contributed by atoms with Gasteiger partial charge in [0.25, 0.3) is 0 Å². The number of amides is 1. The van der Waals surface area contributed by atoms with Crippen molar-refractivity contribution in [2.45, 2.75) is 12.8 Å². The molecule has 23 heavy (non-hydrogen) atoms. The number of halogens is 2. The lowest BCUT2D eigenvalue weighted by molar-refractivity contribution is -0.116. The summed E-state index contributed by atoms with van der Waals surface area (Å²) < 4.78 is 36.9. The van der Waals surface area contributed by atoms with Crippen LogP contribution in [0.2, 0.25) is 0 Å². The number of methoxy groups -OCH3 is 1. The van der Waals surface area contributed by atoms with Crippen molar-refractivity contribution in [2.75, 3.05) is 19.0 Å². The third kappa shape index (κ3) is 5.25. The maximum Gasteiger partial charge on any atom is 0.224 e. The van der Waals surface area contributed by atoms with E-state index in [9.17, 15) is 13.6 Å². The first-order valence-electron chi connectivity index (χ1n) is 7.10. The molecule has 1 amide bonds. The smallest absolute Gasteiger partial charge is 0.224 e. The third-order valence-corrected chi connectivity index (χ3v) is 3.08. The molecule has 0 fully saturated rings. The van der Waals surface area contributed by atoms with Gasteiger partial charge in [-0.05, 0) is 42.8 Å². The van der Waals surface area contributed by atoms with Crippen molar-refractivity contribution in [3.8, 4) is 11.5 Å². The SMILES string of the molecule is COc1ccc(OCCCC(=O)Nc2cc(F)ccc2F)cc1. The number of carbonyl (C=O) groups excluding carboxylic acids is 1. The van der Waals surface area contributed by atoms with E-state index in [1.54, 1.807) is 31.4 Å². The largest absolute Gasteiger partial charge is 0.497 e. The van der Waals surface area contributed by atoms with Gasteiger partial charge in [0.1, 0.15) is 23.1 Å². The third-order valence-electron chi connectivity index (χ3n) is 3.08. The molecule has 2 rings (SSSR count). The van der Waals surface area contributed by atoms with E-state index >= 15 is 0 Å². The highest BCUT2D eigenvalue weighted by molar-refractivity contribution is 5.90. The Morgan fingerprint density at radius 1 is 1.09 bits per heavy atom. The van der Waals surface area contributed by atoms with Gasteiger partial charge in [-0.2, -0.15) is 0 Å². The summed E-state index contributed by atoms with van der Waals surface area (Å²) in [6, 6.07) is 9.98. The number of rotatable bonds is 7. The molecule has 0 spiro atoms. The summed E-state index contributed by atoms with van der Waals surface area (Å²) in [5.74, 6) is -0.275. The first kappa shape index (κ1) is 16.7. The topological polar surface area (TPSA) is 47.6 Å². The number of anilines is 1. The van der Waals surface area contributed by atoms with Gasteiger partial charge in [0.05, 0.1) is 19.4 Å². The van der Waals surface area contributed by atoms with E-state index in [0.29, 0.717) is 18.8 Å². The Bertz CT molecular complexity index is 659. The van der Waals surface area contributed by atoms with Crippen LogP contribution in [0.1, 0.15) is 12.8 Å². The summed E-state index contributed by atoms with van der Waals surface area (Å²) in [6.45, 7) is 0.339. The quantitative estimate of drug-likeness (QED) is 0.790. The summed E-state index contributed by atoms with van der Waals surface area (Å²) in [5.41, 5.74) is -0.161. The normalized spacial score (nSPS) is 10.2. The first-order chi connectivity index (χ1) is 11.1. The molecule has 0 heterocycles. The number of ether oxygens (including phenoxy) is 2. The van der Waals surface area contributed by atoms with Gasteiger partial charge in [0.15, 0.2) is 0 Å². The summed E-state index contributed by atoms with van der Waals surface area (Å²) >= 11 is 0. The summed E-state index contributed by atoms with van der Waals surface area (Å²) in [5, 5.41) is 2.34. The fourth-order valence-corrected chi connectivity index (χ4v) is 1.90. The minimum absolute atomic E-state index is 0.145. The van der Waals surface area contributed by atoms with Crippen LogP contribution in [0.3, 0.4) is 0 Å². The number of hydrogen-bond acceptors (Lipinski definition) is 3. The lowest BCUT2D eigenvalue weighted by Gasteiger charge is -2.08. The molecule has 6 heteroatoms. The predicted octanol–water partition coefficient (Wildman–Crippen LogP) is 3.77. The van der Waals surface area contributed by atoms with Crippen LogP contribution in [-0.2, 0) is 4.79 Å². The predicted molar refractivity (Wildman–Crippen MR) is 82.7 cm³/mol. The zero-order chi connectivity index (χ0) is 16.7. The maximum atomic E-state index is 13.4. The number of nitrogens with one attached hydrogen (secondary N) is 1. The number of carbonyl (C=O) groups is 1. The van der Waals surface area contributed by atoms with Crippen molar-refractivity contribution in [1.29, 1.82) is 0 Å². The van der Waals surface area contributed by atoms with Crippen LogP contribution in [0.4, 0.5) is 14.5 Å². The zero-order valence-corrected chi connectivity index (χ0v) is 12.6. The Kier molecular flexibility index (Phi) is 5.91. The van der Waals surface area contributed by atoms with Gasteiger partial charge in [0, 0.05) is 12.5 Å². The van der Waals surface area contributed by atoms with Gasteiger partial charge in [-0.25, -0.2) is 8.78 Å². The number of benzene rings is 2. The van der Waals surface area contributed by atoms with Crippen LogP contribution < -0.4 is 14.8 Å². The highest BCUT2D eigenvalue weighted by Gasteiger charge is 2.08. The molecule has 122 valence electrons. The molecular formula is C17H17F2NO3. The molecule has 0 bridgehead atoms. The van der Waals surface area contributed by atoms with Crippen molar-refractivity contribution in [1.82, 2.24) is 0 Å². The maximum absolute atomic E-state index is 13.4. The van der Waals surface area contributed by atoms with E-state index in [1.807, 2.05) is 0 Å². The molecule has 0 atom stereocenters. The van der Waals surface area contributed by atoms with E-state index in [4.69, 9.17) is 9.47 Å². The van der Waals surface area contributed by atoms with Crippen LogP contribution >= 0.6 is 0 Å². The average molecular weight is 321 g/mol. The summed E-state index contributed by atoms with van der Waals surface area (Å²) in [4.78, 5) is 11.7. The molecule has 2 aromatic carbocycles. The molecule has 0 saturated heterocycles. The van der Waals surface area contributed by atoms with Crippen molar-refractivity contribution in [2.24, 2.45) is 0 Å². The Hall–Kier alpha value is -2.63. The molecule has 0 unspecified atom stereocenters. The second kappa shape index (κ2) is 8.12. The summed E-state index contributed by atoms with van der Waals surface area (Å²) in [6.07, 6.45) is 0.598. The van der Waals surface area contributed by atoms with Crippen molar-refractivity contribution in [3.05, 3.63) is 54.1 Å². The zero-order valence-electron chi connectivity index (χ0n) is 12.6. The molecule has 0 aliphatic carbocycles. The van der Waals surface area contributed by atoms with E-state index in [2.05, 4.69) is 5.32 Å². The van der Waals surface area contributed by atoms with Crippen LogP contribution in [0, 0.1) is 11.6 Å². The van der Waals surface area contributed by atoms with E-state index in [1.165, 1.54) is 0 Å². The minimum atomic E-state index is -0.672. The average Bonchev–Trinajstić information content (AvgIpc) is 2.55. The highest BCUT2D eigenvalue weighted by Crippen LogP contribution is 2.18. The van der Waals surface area contributed by atoms with Crippen molar-refractivity contribution in [3.63, 3.8) is 0 Å². The molecule has 0 aliphatic rings. The van der Waals surface area contributed by atoms with Crippen LogP contribution in [0.5, 0.6) is 11.5 Å². The van der Waals surface area contributed by atoms with Gasteiger partial charge in [-0.3, -0.25) is 4.79 Å². The van der Waals surface area contributed by atoms with Crippen molar-refractivity contribution >= 4 is 11.6 Å². The van der Waals surface area contributed by atoms with E-state index < -0.39 is 17.5 Å². The van der Waals surface area contributed by atoms with Gasteiger partial charge >= 0.3 is 0 Å². The van der Waals surface area contributed by atoms with Gasteiger partial charge in [-0.1, -0.05) is 0 Å². The molecule has 0 saturated carbocycles. The molecule has 1 N–H and O–H groups in total. The molecule has 0 aromatic heterocycles. The standard InChI is InChI=1S/C17H17F2NO3/c1-22-13-5-7-14(8-6-13)23-10-2-3-17(21)20-16-11-12(18)4-9-15(16)19/h4-9,11H,2-3,10H2,1H3,(H,20,21). The fraction of sp³-hybridized carbons (Fsp3) is 0.235. The van der Waals surface area contributed by atoms with E-state index in [-0.39, 0.29) is 12.1 Å². The van der Waals surface area contributed by atoms with Crippen molar-refractivity contribution < 1.29 is 23.0 Å². The highest BCUT2D eigenvalue weighted by atomic mass is 19.1. The molecule has 0 radical (unpaired) electrons. The second-order valence-electron chi connectivity index (χ2n) is 4.80. The molecule has 0 aliphatic heterocycles. The monoisotopic (exact) mass is 321 g/mol. The van der Waals surface area contributed by atoms with Crippen LogP contribution in [0.25, 0.3) is 0 Å².